The third-order valence-corrected chi connectivity index (χ3v) is 6.76. The number of nitrogens with zero attached hydrogens (tertiary/aromatic N) is 2. The van der Waals surface area contributed by atoms with E-state index in [9.17, 15) is 9.90 Å². The second-order valence-corrected chi connectivity index (χ2v) is 9.49. The van der Waals surface area contributed by atoms with Crippen LogP contribution in [-0.4, -0.2) is 45.9 Å². The fourth-order valence-electron chi connectivity index (χ4n) is 5.05. The first-order chi connectivity index (χ1) is 15.8. The highest BCUT2D eigenvalue weighted by atomic mass is 16.3. The average Bonchev–Trinajstić information content (AvgIpc) is 2.77. The third-order valence-electron chi connectivity index (χ3n) is 6.76. The molecule has 0 aromatic heterocycles. The molecule has 0 amide bonds. The molecule has 1 aliphatic rings. The van der Waals surface area contributed by atoms with Crippen LogP contribution in [-0.2, 0) is 6.54 Å². The van der Waals surface area contributed by atoms with Crippen molar-refractivity contribution >= 4 is 5.78 Å². The van der Waals surface area contributed by atoms with Gasteiger partial charge in [0.1, 0.15) is 5.75 Å². The molecule has 1 saturated heterocycles. The normalized spacial score (nSPS) is 20.5. The van der Waals surface area contributed by atoms with Crippen LogP contribution >= 0.6 is 0 Å². The number of rotatable bonds is 6. The molecule has 1 N–H and O–H groups in total. The molecule has 1 fully saturated rings. The summed E-state index contributed by atoms with van der Waals surface area (Å²) in [4.78, 5) is 17.2. The number of aryl methyl sites for hydroxylation is 1. The van der Waals surface area contributed by atoms with E-state index in [0.29, 0.717) is 12.1 Å². The Morgan fingerprint density at radius 2 is 1.64 bits per heavy atom. The Hall–Kier alpha value is -2.95. The summed E-state index contributed by atoms with van der Waals surface area (Å²) in [6.07, 6.45) is 0. The Bertz CT molecular complexity index is 1130. The molecule has 1 aliphatic heterocycles. The van der Waals surface area contributed by atoms with Crippen LogP contribution < -0.4 is 0 Å². The molecular weight excluding hydrogens is 408 g/mol. The number of aromatic hydroxyl groups is 1. The summed E-state index contributed by atoms with van der Waals surface area (Å²) < 4.78 is 0. The highest BCUT2D eigenvalue weighted by molar-refractivity contribution is 5.94. The lowest BCUT2D eigenvalue weighted by Gasteiger charge is -2.47. The van der Waals surface area contributed by atoms with Crippen molar-refractivity contribution in [2.45, 2.75) is 52.4 Å². The van der Waals surface area contributed by atoms with E-state index in [1.54, 1.807) is 13.0 Å². The molecule has 33 heavy (non-hydrogen) atoms. The van der Waals surface area contributed by atoms with E-state index in [-0.39, 0.29) is 17.6 Å². The van der Waals surface area contributed by atoms with E-state index >= 15 is 0 Å². The van der Waals surface area contributed by atoms with Gasteiger partial charge in [0.25, 0.3) is 0 Å². The van der Waals surface area contributed by atoms with Gasteiger partial charge in [-0.2, -0.15) is 0 Å². The molecule has 0 aliphatic carbocycles. The molecular formula is C29H34N2O2. The third kappa shape index (κ3) is 5.35. The van der Waals surface area contributed by atoms with Crippen LogP contribution in [0.2, 0.25) is 0 Å². The number of hydrogen-bond donors (Lipinski definition) is 1. The molecule has 4 heteroatoms. The molecule has 0 bridgehead atoms. The Morgan fingerprint density at radius 3 is 2.33 bits per heavy atom. The van der Waals surface area contributed by atoms with Crippen molar-refractivity contribution in [3.05, 3.63) is 101 Å². The zero-order valence-electron chi connectivity index (χ0n) is 20.0. The second-order valence-electron chi connectivity index (χ2n) is 9.49. The maximum absolute atomic E-state index is 12.1. The van der Waals surface area contributed by atoms with Gasteiger partial charge in [-0.15, -0.1) is 0 Å². The number of carbonyl (C=O) groups is 1. The highest BCUT2D eigenvalue weighted by Crippen LogP contribution is 2.35. The number of hydrogen-bond acceptors (Lipinski definition) is 4. The maximum atomic E-state index is 12.1. The Labute approximate surface area is 197 Å². The van der Waals surface area contributed by atoms with Crippen molar-refractivity contribution in [3.8, 4) is 5.75 Å². The van der Waals surface area contributed by atoms with E-state index < -0.39 is 0 Å². The predicted octanol–water partition coefficient (Wildman–Crippen LogP) is 5.59. The summed E-state index contributed by atoms with van der Waals surface area (Å²) in [7, 11) is 0. The van der Waals surface area contributed by atoms with Gasteiger partial charge in [0, 0.05) is 37.3 Å². The summed E-state index contributed by atoms with van der Waals surface area (Å²) in [6.45, 7) is 11.1. The largest absolute Gasteiger partial charge is 0.508 e. The Kier molecular flexibility index (Phi) is 6.96. The fraction of sp³-hybridized carbons (Fsp3) is 0.345. The monoisotopic (exact) mass is 442 g/mol. The first kappa shape index (κ1) is 23.2. The smallest absolute Gasteiger partial charge is 0.159 e. The number of phenols is 1. The molecule has 0 spiro atoms. The molecule has 4 nitrogen and oxygen atoms in total. The van der Waals surface area contributed by atoms with Crippen LogP contribution in [0.4, 0.5) is 0 Å². The summed E-state index contributed by atoms with van der Waals surface area (Å²) in [5.74, 6) is 0.329. The van der Waals surface area contributed by atoms with Crippen molar-refractivity contribution in [1.29, 1.82) is 0 Å². The molecule has 1 unspecified atom stereocenters. The number of piperazine rings is 1. The number of Topliss-reactive ketones (excluding diaryl/α,β-unsaturated/α-hetero) is 1. The van der Waals surface area contributed by atoms with Gasteiger partial charge in [-0.1, -0.05) is 60.2 Å². The zero-order chi connectivity index (χ0) is 23.5. The van der Waals surface area contributed by atoms with Crippen LogP contribution in [0.1, 0.15) is 59.4 Å². The Morgan fingerprint density at radius 1 is 0.939 bits per heavy atom. The molecule has 4 rings (SSSR count). The lowest BCUT2D eigenvalue weighted by atomic mass is 9.92. The molecule has 3 atom stereocenters. The van der Waals surface area contributed by atoms with Crippen molar-refractivity contribution in [1.82, 2.24) is 9.80 Å². The zero-order valence-corrected chi connectivity index (χ0v) is 20.0. The van der Waals surface area contributed by atoms with Gasteiger partial charge < -0.3 is 5.11 Å². The molecule has 0 saturated carbocycles. The van der Waals surface area contributed by atoms with E-state index in [1.807, 2.05) is 30.3 Å². The molecule has 0 radical (unpaired) electrons. The number of phenolic OH excluding ortho intramolecular Hbond substituents is 1. The van der Waals surface area contributed by atoms with Crippen molar-refractivity contribution in [2.75, 3.05) is 13.1 Å². The lowest BCUT2D eigenvalue weighted by molar-refractivity contribution is 0.0195. The minimum atomic E-state index is -0.0324. The van der Waals surface area contributed by atoms with Crippen LogP contribution in [0.3, 0.4) is 0 Å². The lowest BCUT2D eigenvalue weighted by Crippen LogP contribution is -2.56. The van der Waals surface area contributed by atoms with Gasteiger partial charge in [0.05, 0.1) is 6.04 Å². The quantitative estimate of drug-likeness (QED) is 0.506. The van der Waals surface area contributed by atoms with Crippen LogP contribution in [0, 0.1) is 6.92 Å². The van der Waals surface area contributed by atoms with Crippen LogP contribution in [0.5, 0.6) is 5.75 Å². The molecule has 3 aromatic rings. The molecule has 172 valence electrons. The van der Waals surface area contributed by atoms with Gasteiger partial charge in [-0.3, -0.25) is 14.6 Å². The van der Waals surface area contributed by atoms with Gasteiger partial charge in [0.15, 0.2) is 5.78 Å². The maximum Gasteiger partial charge on any atom is 0.159 e. The van der Waals surface area contributed by atoms with E-state index in [4.69, 9.17) is 0 Å². The predicted molar refractivity (Wildman–Crippen MR) is 134 cm³/mol. The van der Waals surface area contributed by atoms with Gasteiger partial charge in [-0.25, -0.2) is 0 Å². The SMILES string of the molecule is CC(=O)c1cccc(C(c2cccc(O)c2)N2C[C@@H](C)N(Cc3cccc(C)c3)C[C@@H]2C)c1. The van der Waals surface area contributed by atoms with Gasteiger partial charge in [-0.05, 0) is 62.6 Å². The average molecular weight is 443 g/mol. The standard InChI is InChI=1S/C29H34N2O2/c1-20-8-5-9-24(14-20)19-30-17-22(3)31(18-21(30)2)29(27-12-7-13-28(33)16-27)26-11-6-10-25(15-26)23(4)32/h5-16,21-22,29,33H,17-19H2,1-4H3/t21-,22+,29?/m1/s1. The second kappa shape index (κ2) is 9.90. The first-order valence-corrected chi connectivity index (χ1v) is 11.8. The summed E-state index contributed by atoms with van der Waals surface area (Å²) in [6, 6.07) is 24.9. The topological polar surface area (TPSA) is 43.8 Å². The van der Waals surface area contributed by atoms with Crippen molar-refractivity contribution in [3.63, 3.8) is 0 Å². The van der Waals surface area contributed by atoms with Crippen molar-refractivity contribution < 1.29 is 9.90 Å². The fourth-order valence-corrected chi connectivity index (χ4v) is 5.05. The number of carbonyl (C=O) groups excluding carboxylic acids is 1. The minimum Gasteiger partial charge on any atom is -0.508 e. The highest BCUT2D eigenvalue weighted by Gasteiger charge is 2.35. The van der Waals surface area contributed by atoms with Crippen molar-refractivity contribution in [2.24, 2.45) is 0 Å². The number of ketones is 1. The summed E-state index contributed by atoms with van der Waals surface area (Å²) >= 11 is 0. The van der Waals surface area contributed by atoms with Gasteiger partial charge >= 0.3 is 0 Å². The first-order valence-electron chi connectivity index (χ1n) is 11.8. The van der Waals surface area contributed by atoms with Crippen LogP contribution in [0.15, 0.2) is 72.8 Å². The molecule has 3 aromatic carbocycles. The van der Waals surface area contributed by atoms with Crippen LogP contribution in [0.25, 0.3) is 0 Å². The summed E-state index contributed by atoms with van der Waals surface area (Å²) in [5.41, 5.74) is 5.49. The van der Waals surface area contributed by atoms with Gasteiger partial charge in [0.2, 0.25) is 0 Å². The Balaban J connectivity index is 1.65. The minimum absolute atomic E-state index is 0.0324. The van der Waals surface area contributed by atoms with E-state index in [1.165, 1.54) is 11.1 Å². The van der Waals surface area contributed by atoms with E-state index in [2.05, 4.69) is 67.0 Å². The number of benzene rings is 3. The summed E-state index contributed by atoms with van der Waals surface area (Å²) in [5, 5.41) is 10.2. The molecule has 1 heterocycles. The van der Waals surface area contributed by atoms with E-state index in [0.717, 1.165) is 36.3 Å².